The first-order valence-corrected chi connectivity index (χ1v) is 14.2. The largest absolute Gasteiger partial charge is 0.477 e. The number of nitrogen functional groups attached to an aromatic ring is 3. The number of carboxylic acids is 1. The van der Waals surface area contributed by atoms with E-state index in [1.807, 2.05) is 0 Å². The van der Waals surface area contributed by atoms with Crippen LogP contribution in [-0.2, 0) is 19.2 Å². The molecule has 2 aromatic heterocycles. The molecule has 0 bridgehead atoms. The van der Waals surface area contributed by atoms with Crippen molar-refractivity contribution in [2.24, 2.45) is 5.16 Å². The molecule has 2 amide bonds. The number of hydrogen-bond acceptors (Lipinski definition) is 15. The van der Waals surface area contributed by atoms with Crippen molar-refractivity contribution in [3.63, 3.8) is 0 Å². The fraction of sp³-hybridized carbons (Fsp3) is 0.400. The molecule has 0 spiro atoms. The van der Waals surface area contributed by atoms with Crippen molar-refractivity contribution in [2.45, 2.75) is 30.4 Å². The summed E-state index contributed by atoms with van der Waals surface area (Å²) in [4.78, 5) is 52.7. The first kappa shape index (κ1) is 28.2. The number of aromatic nitrogens is 4. The van der Waals surface area contributed by atoms with Gasteiger partial charge in [0, 0.05) is 30.1 Å². The quantitative estimate of drug-likeness (QED) is 0.0356. The summed E-state index contributed by atoms with van der Waals surface area (Å²) in [6.07, 6.45) is 0. The van der Waals surface area contributed by atoms with Crippen LogP contribution in [0.3, 0.4) is 0 Å². The minimum absolute atomic E-state index is 0.0438. The van der Waals surface area contributed by atoms with Gasteiger partial charge in [0.25, 0.3) is 17.6 Å². The van der Waals surface area contributed by atoms with Crippen LogP contribution in [0, 0.1) is 6.92 Å². The summed E-state index contributed by atoms with van der Waals surface area (Å²) in [5.41, 5.74) is 12.4. The van der Waals surface area contributed by atoms with Gasteiger partial charge in [-0.15, -0.1) is 16.4 Å². The summed E-state index contributed by atoms with van der Waals surface area (Å²) in [5, 5.41) is 19.2. The second-order valence-electron chi connectivity index (χ2n) is 8.09. The highest BCUT2D eigenvalue weighted by atomic mass is 32.2. The molecule has 2 aliphatic heterocycles. The second-order valence-corrected chi connectivity index (χ2v) is 10.9. The van der Waals surface area contributed by atoms with Gasteiger partial charge >= 0.3 is 11.1 Å². The first-order chi connectivity index (χ1) is 18.6. The number of nitrogens with zero attached hydrogens (tertiary/aromatic N) is 6. The van der Waals surface area contributed by atoms with Gasteiger partial charge in [-0.2, -0.15) is 9.36 Å². The molecule has 2 aliphatic rings. The lowest BCUT2D eigenvalue weighted by Gasteiger charge is -2.49. The van der Waals surface area contributed by atoms with E-state index >= 15 is 0 Å². The number of hydrogen-bond donors (Lipinski definition) is 6. The Hall–Kier alpha value is -3.84. The molecule has 1 fully saturated rings. The molecule has 0 saturated carbocycles. The average Bonchev–Trinajstić information content (AvgIpc) is 3.34. The maximum Gasteiger partial charge on any atom is 0.352 e. The zero-order valence-electron chi connectivity index (χ0n) is 21.0. The van der Waals surface area contributed by atoms with Crippen LogP contribution in [0.25, 0.3) is 0 Å². The summed E-state index contributed by atoms with van der Waals surface area (Å²) >= 11 is 3.38. The smallest absolute Gasteiger partial charge is 0.352 e. The van der Waals surface area contributed by atoms with Crippen molar-refractivity contribution < 1.29 is 29.0 Å². The molecule has 19 heteroatoms. The Morgan fingerprint density at radius 2 is 2.10 bits per heavy atom. The molecule has 2 aromatic rings. The minimum Gasteiger partial charge on any atom is -0.477 e. The molecule has 0 aromatic carbocycles. The highest BCUT2D eigenvalue weighted by Gasteiger charge is 2.54. The topological polar surface area (TPSA) is 241 Å². The molecule has 39 heavy (non-hydrogen) atoms. The van der Waals surface area contributed by atoms with Crippen molar-refractivity contribution in [1.29, 1.82) is 0 Å². The highest BCUT2D eigenvalue weighted by Crippen LogP contribution is 2.41. The molecule has 9 N–H and O–H groups in total. The Kier molecular flexibility index (Phi) is 8.31. The summed E-state index contributed by atoms with van der Waals surface area (Å²) < 4.78 is 5.31. The van der Waals surface area contributed by atoms with Gasteiger partial charge in [-0.3, -0.25) is 20.3 Å². The second kappa shape index (κ2) is 11.5. The number of oxime groups is 1. The fourth-order valence-corrected chi connectivity index (χ4v) is 6.69. The number of fused-ring (bicyclic) bond motifs is 1. The minimum atomic E-state index is -1.26. The number of carboxylic acid groups (broad SMARTS) is 1. The number of β-lactam (4-membered cyclic amide) rings is 1. The molecule has 1 unspecified atom stereocenters. The third-order valence-electron chi connectivity index (χ3n) is 5.70. The Morgan fingerprint density at radius 1 is 1.36 bits per heavy atom. The summed E-state index contributed by atoms with van der Waals surface area (Å²) in [6, 6.07) is -0.989. The zero-order valence-corrected chi connectivity index (χ0v) is 23.4. The predicted molar refractivity (Wildman–Crippen MR) is 146 cm³/mol. The lowest BCUT2D eigenvalue weighted by atomic mass is 10.0. The molecule has 4 heterocycles. The Bertz CT molecular complexity index is 1400. The summed E-state index contributed by atoms with van der Waals surface area (Å²) in [5.74, 6) is 4.86. The molecule has 1 saturated heterocycles. The number of nitrogens with two attached hydrogens (primary N) is 3. The summed E-state index contributed by atoms with van der Waals surface area (Å²) in [6.45, 7) is 3.64. The third-order valence-corrected chi connectivity index (χ3v) is 8.63. The van der Waals surface area contributed by atoms with Gasteiger partial charge in [-0.25, -0.2) is 4.79 Å². The van der Waals surface area contributed by atoms with E-state index in [-0.39, 0.29) is 40.5 Å². The molecule has 0 radical (unpaired) electrons. The lowest BCUT2D eigenvalue weighted by molar-refractivity contribution is -0.668. The standard InChI is InChI=1S/C20H25N11O5S3/c1-4-36-28-9(13-27-19(22)39-29-13)15(32)25-10-16(33)30-11(18(34)35)8(5-37-17(10)30)6-38-20-26-12(21)7(2)14(24-3)31(20)23/h10,17H,4-6,23H2,1-3H3,(H6,21,22,24,25,27,29,32,34,35)/p+1/b28-9-/t10?,17-/m1/s1. The monoisotopic (exact) mass is 596 g/mol. The molecule has 0 aliphatic carbocycles. The normalized spacial score (nSPS) is 18.9. The number of carbonyl (C=O) groups is 3. The molecule has 2 atom stereocenters. The molecular weight excluding hydrogens is 570 g/mol. The van der Waals surface area contributed by atoms with E-state index in [4.69, 9.17) is 22.1 Å². The Labute approximate surface area is 234 Å². The fourth-order valence-electron chi connectivity index (χ4n) is 3.85. The van der Waals surface area contributed by atoms with Crippen LogP contribution < -0.4 is 32.6 Å². The average molecular weight is 597 g/mol. The van der Waals surface area contributed by atoms with Gasteiger partial charge < -0.3 is 32.0 Å². The van der Waals surface area contributed by atoms with E-state index in [1.165, 1.54) is 33.1 Å². The molecular formula is C20H26N11O5S3+. The van der Waals surface area contributed by atoms with Gasteiger partial charge in [0.2, 0.25) is 17.4 Å². The number of amides is 2. The van der Waals surface area contributed by atoms with Crippen LogP contribution in [0.5, 0.6) is 0 Å². The zero-order chi connectivity index (χ0) is 28.4. The van der Waals surface area contributed by atoms with E-state index < -0.39 is 29.2 Å². The van der Waals surface area contributed by atoms with Crippen LogP contribution >= 0.6 is 35.1 Å². The van der Waals surface area contributed by atoms with Crippen LogP contribution in [0.1, 0.15) is 18.3 Å². The number of thioether (sulfide) groups is 2. The van der Waals surface area contributed by atoms with Gasteiger partial charge in [-0.1, -0.05) is 10.1 Å². The number of anilines is 3. The van der Waals surface area contributed by atoms with Crippen molar-refractivity contribution in [3.8, 4) is 0 Å². The van der Waals surface area contributed by atoms with E-state index in [2.05, 4.69) is 30.1 Å². The van der Waals surface area contributed by atoms with Gasteiger partial charge in [-0.05, 0) is 31.2 Å². The summed E-state index contributed by atoms with van der Waals surface area (Å²) in [7, 11) is 1.70. The SMILES string of the molecule is CCO/N=C(\C(=O)NC1C(=O)N2C(C(=O)O)=C(CSc3nc(N)c(C)c(NC)[n+]3N)CS[C@H]12)c1nsc(N)n1. The van der Waals surface area contributed by atoms with Crippen molar-refractivity contribution in [1.82, 2.24) is 24.6 Å². The van der Waals surface area contributed by atoms with E-state index in [9.17, 15) is 19.5 Å². The van der Waals surface area contributed by atoms with Crippen LogP contribution in [0.4, 0.5) is 16.8 Å². The van der Waals surface area contributed by atoms with Gasteiger partial charge in [0.05, 0.1) is 5.56 Å². The maximum atomic E-state index is 13.1. The lowest BCUT2D eigenvalue weighted by Crippen LogP contribution is -2.71. The van der Waals surface area contributed by atoms with E-state index in [0.29, 0.717) is 27.9 Å². The predicted octanol–water partition coefficient (Wildman–Crippen LogP) is -1.28. The maximum absolute atomic E-state index is 13.1. The van der Waals surface area contributed by atoms with E-state index in [1.54, 1.807) is 20.9 Å². The highest BCUT2D eigenvalue weighted by molar-refractivity contribution is 8.01. The van der Waals surface area contributed by atoms with Crippen molar-refractivity contribution >= 4 is 75.3 Å². The van der Waals surface area contributed by atoms with Crippen molar-refractivity contribution in [2.75, 3.05) is 47.8 Å². The number of nitrogens with one attached hydrogen (secondary N) is 2. The number of rotatable bonds is 10. The number of carbonyl (C=O) groups excluding carboxylic acids is 2. The number of aliphatic carboxylic acids is 1. The first-order valence-electron chi connectivity index (χ1n) is 11.4. The molecule has 208 valence electrons. The third kappa shape index (κ3) is 5.36. The molecule has 4 rings (SSSR count). The van der Waals surface area contributed by atoms with Gasteiger partial charge in [0.1, 0.15) is 23.7 Å². The van der Waals surface area contributed by atoms with Crippen LogP contribution in [0.2, 0.25) is 0 Å². The van der Waals surface area contributed by atoms with Crippen LogP contribution in [-0.4, -0.2) is 84.4 Å². The molecule has 16 nitrogen and oxygen atoms in total. The Balaban J connectivity index is 1.52. The van der Waals surface area contributed by atoms with Crippen molar-refractivity contribution in [3.05, 3.63) is 22.7 Å². The van der Waals surface area contributed by atoms with Crippen LogP contribution in [0.15, 0.2) is 21.6 Å². The Morgan fingerprint density at radius 3 is 2.72 bits per heavy atom. The van der Waals surface area contributed by atoms with E-state index in [0.717, 1.165) is 11.5 Å². The van der Waals surface area contributed by atoms with Gasteiger partial charge in [0.15, 0.2) is 5.13 Å².